The van der Waals surface area contributed by atoms with Gasteiger partial charge in [0.25, 0.3) is 0 Å². The number of piperazine rings is 1. The number of nitrogens with zero attached hydrogens (tertiary/aromatic N) is 3. The highest BCUT2D eigenvalue weighted by molar-refractivity contribution is 5.68. The molecule has 1 amide bonds. The van der Waals surface area contributed by atoms with Crippen LogP contribution in [0.1, 0.15) is 26.3 Å². The van der Waals surface area contributed by atoms with Crippen LogP contribution in [0, 0.1) is 0 Å². The van der Waals surface area contributed by atoms with Gasteiger partial charge in [0.05, 0.1) is 32.7 Å². The van der Waals surface area contributed by atoms with Crippen LogP contribution < -0.4 is 0 Å². The first-order valence-corrected chi connectivity index (χ1v) is 8.87. The van der Waals surface area contributed by atoms with Crippen molar-refractivity contribution in [2.24, 2.45) is 0 Å². The standard InChI is InChI=1S/C19H30N3O2/c1-19(2,3)24-18(23)21-11-13-22(12-10-20(4)17(22)14-21)15-16-8-6-5-7-9-16/h5-9,17H,10-15H2,1-4H3/q+1. The fourth-order valence-electron chi connectivity index (χ4n) is 3.96. The Morgan fingerprint density at radius 2 is 1.88 bits per heavy atom. The highest BCUT2D eigenvalue weighted by Crippen LogP contribution is 2.31. The van der Waals surface area contributed by atoms with E-state index in [0.717, 1.165) is 43.8 Å². The lowest BCUT2D eigenvalue weighted by Gasteiger charge is -2.47. The minimum Gasteiger partial charge on any atom is -0.444 e. The highest BCUT2D eigenvalue weighted by Gasteiger charge is 2.50. The van der Waals surface area contributed by atoms with Crippen molar-refractivity contribution in [1.82, 2.24) is 9.80 Å². The van der Waals surface area contributed by atoms with Crippen molar-refractivity contribution in [3.8, 4) is 0 Å². The Morgan fingerprint density at radius 1 is 1.21 bits per heavy atom. The molecule has 1 aromatic carbocycles. The molecule has 2 unspecified atom stereocenters. The third-order valence-corrected chi connectivity index (χ3v) is 5.23. The average Bonchev–Trinajstić information content (AvgIpc) is 2.83. The maximum absolute atomic E-state index is 12.4. The largest absolute Gasteiger partial charge is 0.444 e. The normalized spacial score (nSPS) is 27.8. The molecule has 2 saturated heterocycles. The van der Waals surface area contributed by atoms with Crippen molar-refractivity contribution >= 4 is 6.09 Å². The average molecular weight is 332 g/mol. The van der Waals surface area contributed by atoms with Crippen LogP contribution >= 0.6 is 0 Å². The van der Waals surface area contributed by atoms with Crippen LogP contribution in [0.3, 0.4) is 0 Å². The number of fused-ring (bicyclic) bond motifs is 1. The molecular formula is C19H30N3O2+. The Hall–Kier alpha value is -1.59. The molecule has 0 aliphatic carbocycles. The number of quaternary nitrogens is 1. The monoisotopic (exact) mass is 332 g/mol. The van der Waals surface area contributed by atoms with Crippen LogP contribution in [0.5, 0.6) is 0 Å². The third-order valence-electron chi connectivity index (χ3n) is 5.23. The topological polar surface area (TPSA) is 32.8 Å². The molecule has 2 heterocycles. The third kappa shape index (κ3) is 3.57. The van der Waals surface area contributed by atoms with Gasteiger partial charge in [-0.2, -0.15) is 0 Å². The molecule has 5 heteroatoms. The summed E-state index contributed by atoms with van der Waals surface area (Å²) < 4.78 is 6.63. The van der Waals surface area contributed by atoms with Crippen LogP contribution in [0.25, 0.3) is 0 Å². The van der Waals surface area contributed by atoms with Crippen LogP contribution in [0.4, 0.5) is 4.79 Å². The van der Waals surface area contributed by atoms with Gasteiger partial charge in [0, 0.05) is 5.56 Å². The minimum absolute atomic E-state index is 0.180. The van der Waals surface area contributed by atoms with Gasteiger partial charge in [-0.15, -0.1) is 0 Å². The summed E-state index contributed by atoms with van der Waals surface area (Å²) in [6.07, 6.45) is 0.173. The first-order valence-electron chi connectivity index (χ1n) is 8.87. The molecule has 2 aliphatic heterocycles. The van der Waals surface area contributed by atoms with E-state index in [0.29, 0.717) is 6.17 Å². The van der Waals surface area contributed by atoms with E-state index >= 15 is 0 Å². The van der Waals surface area contributed by atoms with Gasteiger partial charge < -0.3 is 9.22 Å². The van der Waals surface area contributed by atoms with E-state index in [1.807, 2.05) is 25.7 Å². The molecule has 0 saturated carbocycles. The number of ether oxygens (including phenoxy) is 1. The minimum atomic E-state index is -0.438. The molecule has 132 valence electrons. The van der Waals surface area contributed by atoms with Crippen LogP contribution in [0.15, 0.2) is 30.3 Å². The Labute approximate surface area is 145 Å². The summed E-state index contributed by atoms with van der Waals surface area (Å²) in [5.41, 5.74) is 0.940. The van der Waals surface area contributed by atoms with Gasteiger partial charge in [0.15, 0.2) is 6.17 Å². The lowest BCUT2D eigenvalue weighted by molar-refractivity contribution is -0.960. The van der Waals surface area contributed by atoms with Crippen molar-refractivity contribution < 1.29 is 14.0 Å². The smallest absolute Gasteiger partial charge is 0.410 e. The SMILES string of the molecule is CN1CC[N+]2(Cc3ccccc3)CCN(C(=O)OC(C)(C)C)CC12. The van der Waals surface area contributed by atoms with Gasteiger partial charge in [-0.05, 0) is 27.8 Å². The number of carbonyl (C=O) groups is 1. The molecular weight excluding hydrogens is 302 g/mol. The second-order valence-electron chi connectivity index (χ2n) is 8.20. The molecule has 0 aromatic heterocycles. The fourth-order valence-corrected chi connectivity index (χ4v) is 3.96. The number of carbonyl (C=O) groups excluding carboxylic acids is 1. The molecule has 2 atom stereocenters. The van der Waals surface area contributed by atoms with E-state index < -0.39 is 5.60 Å². The van der Waals surface area contributed by atoms with E-state index in [4.69, 9.17) is 4.74 Å². The Kier molecular flexibility index (Phi) is 4.58. The van der Waals surface area contributed by atoms with Gasteiger partial charge in [0.1, 0.15) is 12.1 Å². The van der Waals surface area contributed by atoms with Gasteiger partial charge in [-0.1, -0.05) is 30.3 Å². The van der Waals surface area contributed by atoms with Gasteiger partial charge in [0.2, 0.25) is 0 Å². The van der Waals surface area contributed by atoms with Crippen molar-refractivity contribution in [2.75, 3.05) is 39.8 Å². The predicted octanol–water partition coefficient (Wildman–Crippen LogP) is 2.53. The predicted molar refractivity (Wildman–Crippen MR) is 94.4 cm³/mol. The zero-order valence-corrected chi connectivity index (χ0v) is 15.4. The van der Waals surface area contributed by atoms with Crippen molar-refractivity contribution in [1.29, 1.82) is 0 Å². The summed E-state index contributed by atoms with van der Waals surface area (Å²) in [6.45, 7) is 11.5. The zero-order valence-electron chi connectivity index (χ0n) is 15.4. The fraction of sp³-hybridized carbons (Fsp3) is 0.632. The second kappa shape index (κ2) is 6.37. The first-order chi connectivity index (χ1) is 11.3. The molecule has 24 heavy (non-hydrogen) atoms. The number of rotatable bonds is 2. The summed E-state index contributed by atoms with van der Waals surface area (Å²) in [5.74, 6) is 0. The van der Waals surface area contributed by atoms with Gasteiger partial charge >= 0.3 is 6.09 Å². The molecule has 0 spiro atoms. The number of likely N-dealkylation sites (N-methyl/N-ethyl adjacent to an activating group) is 1. The summed E-state index contributed by atoms with van der Waals surface area (Å²) in [7, 11) is 2.17. The van der Waals surface area contributed by atoms with E-state index in [-0.39, 0.29) is 6.09 Å². The summed E-state index contributed by atoms with van der Waals surface area (Å²) in [4.78, 5) is 16.7. The second-order valence-corrected chi connectivity index (χ2v) is 8.20. The molecule has 3 rings (SSSR count). The number of hydrogen-bond acceptors (Lipinski definition) is 3. The van der Waals surface area contributed by atoms with Gasteiger partial charge in [-0.3, -0.25) is 9.80 Å². The lowest BCUT2D eigenvalue weighted by atomic mass is 10.1. The van der Waals surface area contributed by atoms with E-state index in [1.54, 1.807) is 0 Å². The van der Waals surface area contributed by atoms with Crippen LogP contribution in [0.2, 0.25) is 0 Å². The zero-order chi connectivity index (χ0) is 17.4. The molecule has 2 aliphatic rings. The van der Waals surface area contributed by atoms with Gasteiger partial charge in [-0.25, -0.2) is 4.79 Å². The quantitative estimate of drug-likeness (QED) is 0.780. The van der Waals surface area contributed by atoms with E-state index in [2.05, 4.69) is 42.3 Å². The van der Waals surface area contributed by atoms with Crippen LogP contribution in [-0.4, -0.2) is 71.9 Å². The van der Waals surface area contributed by atoms with Crippen molar-refractivity contribution in [3.05, 3.63) is 35.9 Å². The number of benzene rings is 1. The molecule has 0 radical (unpaired) electrons. The molecule has 5 nitrogen and oxygen atoms in total. The number of hydrogen-bond donors (Lipinski definition) is 0. The molecule has 0 bridgehead atoms. The van der Waals surface area contributed by atoms with Crippen LogP contribution in [-0.2, 0) is 11.3 Å². The molecule has 2 fully saturated rings. The number of amides is 1. The highest BCUT2D eigenvalue weighted by atomic mass is 16.6. The maximum atomic E-state index is 12.4. The lowest BCUT2D eigenvalue weighted by Crippen LogP contribution is -2.65. The Bertz CT molecular complexity index is 584. The Balaban J connectivity index is 1.73. The molecule has 1 aromatic rings. The molecule has 0 N–H and O–H groups in total. The van der Waals surface area contributed by atoms with Crippen molar-refractivity contribution in [3.63, 3.8) is 0 Å². The maximum Gasteiger partial charge on any atom is 0.410 e. The summed E-state index contributed by atoms with van der Waals surface area (Å²) in [6, 6.07) is 10.7. The Morgan fingerprint density at radius 3 is 2.54 bits per heavy atom. The first kappa shape index (κ1) is 17.2. The summed E-state index contributed by atoms with van der Waals surface area (Å²) >= 11 is 0. The van der Waals surface area contributed by atoms with E-state index in [1.165, 1.54) is 5.56 Å². The summed E-state index contributed by atoms with van der Waals surface area (Å²) in [5, 5.41) is 0. The van der Waals surface area contributed by atoms with E-state index in [9.17, 15) is 4.79 Å². The van der Waals surface area contributed by atoms with Crippen molar-refractivity contribution in [2.45, 2.75) is 39.1 Å².